The minimum atomic E-state index is -0.259. The van der Waals surface area contributed by atoms with Gasteiger partial charge in [0.15, 0.2) is 0 Å². The average molecular weight is 306 g/mol. The maximum atomic E-state index is 13.6. The van der Waals surface area contributed by atoms with Crippen LogP contribution in [0.3, 0.4) is 0 Å². The SMILES string of the molecule is Cc1ccc(C(Cl)Cc2nc3ccccc3s2)cc1F. The molecule has 0 radical (unpaired) electrons. The molecule has 0 aliphatic rings. The lowest BCUT2D eigenvalue weighted by Crippen LogP contribution is -1.97. The second kappa shape index (κ2) is 5.51. The molecule has 0 aliphatic carbocycles. The van der Waals surface area contributed by atoms with Crippen LogP contribution in [0.1, 0.15) is 21.5 Å². The third kappa shape index (κ3) is 2.69. The molecule has 0 fully saturated rings. The van der Waals surface area contributed by atoms with Crippen molar-refractivity contribution in [2.24, 2.45) is 0 Å². The van der Waals surface area contributed by atoms with Crippen molar-refractivity contribution in [1.29, 1.82) is 0 Å². The maximum Gasteiger partial charge on any atom is 0.126 e. The van der Waals surface area contributed by atoms with Gasteiger partial charge in [0.1, 0.15) is 5.82 Å². The van der Waals surface area contributed by atoms with Gasteiger partial charge in [-0.2, -0.15) is 0 Å². The highest BCUT2D eigenvalue weighted by atomic mass is 35.5. The summed E-state index contributed by atoms with van der Waals surface area (Å²) in [5.74, 6) is -0.211. The summed E-state index contributed by atoms with van der Waals surface area (Å²) < 4.78 is 14.7. The fourth-order valence-electron chi connectivity index (χ4n) is 2.08. The standard InChI is InChI=1S/C16H13ClFNS/c1-10-6-7-11(8-13(10)18)12(17)9-16-19-14-4-2-3-5-15(14)20-16/h2-8,12H,9H2,1H3. The van der Waals surface area contributed by atoms with Crippen LogP contribution in [-0.2, 0) is 6.42 Å². The molecule has 20 heavy (non-hydrogen) atoms. The molecule has 2 aromatic carbocycles. The Kier molecular flexibility index (Phi) is 3.72. The summed E-state index contributed by atoms with van der Waals surface area (Å²) in [6.45, 7) is 1.75. The highest BCUT2D eigenvalue weighted by Gasteiger charge is 2.13. The van der Waals surface area contributed by atoms with Crippen molar-refractivity contribution < 1.29 is 4.39 Å². The molecule has 102 valence electrons. The zero-order valence-corrected chi connectivity index (χ0v) is 12.5. The highest BCUT2D eigenvalue weighted by molar-refractivity contribution is 7.18. The smallest absolute Gasteiger partial charge is 0.126 e. The number of aryl methyl sites for hydroxylation is 1. The number of para-hydroxylation sites is 1. The zero-order valence-electron chi connectivity index (χ0n) is 10.9. The fourth-order valence-corrected chi connectivity index (χ4v) is 3.47. The van der Waals surface area contributed by atoms with Gasteiger partial charge < -0.3 is 0 Å². The molecule has 4 heteroatoms. The lowest BCUT2D eigenvalue weighted by Gasteiger charge is -2.08. The van der Waals surface area contributed by atoms with E-state index in [1.54, 1.807) is 24.3 Å². The predicted octanol–water partition coefficient (Wildman–Crippen LogP) is 5.27. The van der Waals surface area contributed by atoms with Crippen LogP contribution < -0.4 is 0 Å². The largest absolute Gasteiger partial charge is 0.241 e. The van der Waals surface area contributed by atoms with E-state index in [0.29, 0.717) is 12.0 Å². The number of halogens is 2. The van der Waals surface area contributed by atoms with Crippen molar-refractivity contribution in [3.8, 4) is 0 Å². The van der Waals surface area contributed by atoms with Crippen molar-refractivity contribution in [2.45, 2.75) is 18.7 Å². The first kappa shape index (κ1) is 13.5. The van der Waals surface area contributed by atoms with E-state index in [2.05, 4.69) is 4.98 Å². The molecule has 0 saturated carbocycles. The van der Waals surface area contributed by atoms with E-state index in [-0.39, 0.29) is 11.2 Å². The lowest BCUT2D eigenvalue weighted by molar-refractivity contribution is 0.615. The third-order valence-corrected chi connectivity index (χ3v) is 4.71. The van der Waals surface area contributed by atoms with Crippen LogP contribution in [0.5, 0.6) is 0 Å². The Balaban J connectivity index is 1.84. The summed E-state index contributed by atoms with van der Waals surface area (Å²) >= 11 is 8.03. The van der Waals surface area contributed by atoms with E-state index in [9.17, 15) is 4.39 Å². The van der Waals surface area contributed by atoms with Gasteiger partial charge in [0.05, 0.1) is 20.6 Å². The summed E-state index contributed by atoms with van der Waals surface area (Å²) in [6.07, 6.45) is 0.614. The molecule has 1 unspecified atom stereocenters. The van der Waals surface area contributed by atoms with Gasteiger partial charge >= 0.3 is 0 Å². The number of thiazole rings is 1. The fraction of sp³-hybridized carbons (Fsp3) is 0.188. The van der Waals surface area contributed by atoms with Crippen LogP contribution in [-0.4, -0.2) is 4.98 Å². The number of aromatic nitrogens is 1. The minimum Gasteiger partial charge on any atom is -0.241 e. The van der Waals surface area contributed by atoms with Gasteiger partial charge in [0.2, 0.25) is 0 Å². The Morgan fingerprint density at radius 2 is 2.05 bits per heavy atom. The number of hydrogen-bond acceptors (Lipinski definition) is 2. The third-order valence-electron chi connectivity index (χ3n) is 3.25. The number of fused-ring (bicyclic) bond motifs is 1. The van der Waals surface area contributed by atoms with Crippen molar-refractivity contribution in [3.05, 3.63) is 64.4 Å². The average Bonchev–Trinajstić information content (AvgIpc) is 2.83. The van der Waals surface area contributed by atoms with Crippen LogP contribution in [0.4, 0.5) is 4.39 Å². The van der Waals surface area contributed by atoms with Gasteiger partial charge in [-0.15, -0.1) is 22.9 Å². The van der Waals surface area contributed by atoms with Crippen molar-refractivity contribution in [1.82, 2.24) is 4.98 Å². The van der Waals surface area contributed by atoms with Gasteiger partial charge in [-0.25, -0.2) is 9.37 Å². The van der Waals surface area contributed by atoms with Crippen LogP contribution in [0, 0.1) is 12.7 Å². The van der Waals surface area contributed by atoms with Gasteiger partial charge in [0, 0.05) is 6.42 Å². The minimum absolute atomic E-state index is 0.211. The second-order valence-corrected chi connectivity index (χ2v) is 6.40. The van der Waals surface area contributed by atoms with E-state index < -0.39 is 0 Å². The van der Waals surface area contributed by atoms with Gasteiger partial charge in [-0.05, 0) is 36.2 Å². The van der Waals surface area contributed by atoms with Gasteiger partial charge in [-0.1, -0.05) is 24.3 Å². The lowest BCUT2D eigenvalue weighted by atomic mass is 10.1. The van der Waals surface area contributed by atoms with E-state index in [1.807, 2.05) is 30.3 Å². The Labute approximate surface area is 126 Å². The summed E-state index contributed by atoms with van der Waals surface area (Å²) in [4.78, 5) is 4.56. The van der Waals surface area contributed by atoms with E-state index >= 15 is 0 Å². The van der Waals surface area contributed by atoms with Crippen LogP contribution in [0.25, 0.3) is 10.2 Å². The van der Waals surface area contributed by atoms with E-state index in [1.165, 1.54) is 6.07 Å². The molecular formula is C16H13ClFNS. The number of benzene rings is 2. The zero-order chi connectivity index (χ0) is 14.1. The van der Waals surface area contributed by atoms with Crippen LogP contribution in [0.2, 0.25) is 0 Å². The van der Waals surface area contributed by atoms with Crippen molar-refractivity contribution in [2.75, 3.05) is 0 Å². The first-order valence-electron chi connectivity index (χ1n) is 6.38. The van der Waals surface area contributed by atoms with E-state index in [0.717, 1.165) is 20.8 Å². The topological polar surface area (TPSA) is 12.9 Å². The molecule has 0 spiro atoms. The van der Waals surface area contributed by atoms with Crippen LogP contribution in [0.15, 0.2) is 42.5 Å². The predicted molar refractivity (Wildman–Crippen MR) is 83.1 cm³/mol. The molecule has 0 N–H and O–H groups in total. The summed E-state index contributed by atoms with van der Waals surface area (Å²) in [5.41, 5.74) is 2.43. The number of nitrogens with zero attached hydrogens (tertiary/aromatic N) is 1. The number of hydrogen-bond donors (Lipinski definition) is 0. The maximum absolute atomic E-state index is 13.6. The Bertz CT molecular complexity index is 720. The molecule has 0 aliphatic heterocycles. The quantitative estimate of drug-likeness (QED) is 0.601. The molecule has 0 bridgehead atoms. The first-order chi connectivity index (χ1) is 9.63. The molecular weight excluding hydrogens is 293 g/mol. The molecule has 1 atom stereocenters. The molecule has 1 heterocycles. The van der Waals surface area contributed by atoms with Gasteiger partial charge in [-0.3, -0.25) is 0 Å². The normalized spacial score (nSPS) is 12.8. The van der Waals surface area contributed by atoms with Gasteiger partial charge in [0.25, 0.3) is 0 Å². The number of rotatable bonds is 3. The second-order valence-electron chi connectivity index (χ2n) is 4.76. The Hall–Kier alpha value is -1.45. The molecule has 3 aromatic rings. The number of alkyl halides is 1. The van der Waals surface area contributed by atoms with Crippen LogP contribution >= 0.6 is 22.9 Å². The summed E-state index contributed by atoms with van der Waals surface area (Å²) in [7, 11) is 0. The molecule has 1 aromatic heterocycles. The Morgan fingerprint density at radius 1 is 1.25 bits per heavy atom. The van der Waals surface area contributed by atoms with Crippen molar-refractivity contribution >= 4 is 33.2 Å². The molecule has 1 nitrogen and oxygen atoms in total. The Morgan fingerprint density at radius 3 is 2.80 bits per heavy atom. The molecule has 0 amide bonds. The first-order valence-corrected chi connectivity index (χ1v) is 7.63. The molecule has 3 rings (SSSR count). The van der Waals surface area contributed by atoms with E-state index in [4.69, 9.17) is 11.6 Å². The molecule has 0 saturated heterocycles. The van der Waals surface area contributed by atoms with Crippen molar-refractivity contribution in [3.63, 3.8) is 0 Å². The summed E-state index contributed by atoms with van der Waals surface area (Å²) in [6, 6.07) is 13.2. The highest BCUT2D eigenvalue weighted by Crippen LogP contribution is 2.30. The monoisotopic (exact) mass is 305 g/mol. The summed E-state index contributed by atoms with van der Waals surface area (Å²) in [5, 5.41) is 0.720.